The average Bonchev–Trinajstić information content (AvgIpc) is 2.70. The van der Waals surface area contributed by atoms with Gasteiger partial charge in [0.25, 0.3) is 11.8 Å². The molecule has 2 amide bonds. The van der Waals surface area contributed by atoms with E-state index in [-0.39, 0.29) is 16.8 Å². The van der Waals surface area contributed by atoms with Crippen LogP contribution in [-0.4, -0.2) is 21.8 Å². The Bertz CT molecular complexity index is 1100. The van der Waals surface area contributed by atoms with Gasteiger partial charge in [0.1, 0.15) is 5.82 Å². The fraction of sp³-hybridized carbons (Fsp3) is 0.143. The molecule has 0 unspecified atom stereocenters. The highest BCUT2D eigenvalue weighted by molar-refractivity contribution is 6.08. The molecule has 9 heteroatoms. The number of alkyl halides is 3. The number of nitrogens with zero attached hydrogens (tertiary/aromatic N) is 2. The van der Waals surface area contributed by atoms with Crippen molar-refractivity contribution in [3.63, 3.8) is 0 Å². The molecule has 0 aliphatic carbocycles. The second-order valence-electron chi connectivity index (χ2n) is 6.54. The summed E-state index contributed by atoms with van der Waals surface area (Å²) < 4.78 is 38.6. The molecule has 3 aromatic rings. The number of nitrogens with one attached hydrogen (secondary N) is 2. The molecule has 2 N–H and O–H groups in total. The Labute approximate surface area is 170 Å². The van der Waals surface area contributed by atoms with Crippen molar-refractivity contribution < 1.29 is 22.8 Å². The van der Waals surface area contributed by atoms with E-state index >= 15 is 0 Å². The molecule has 0 atom stereocenters. The molecule has 0 aliphatic rings. The molecule has 3 rings (SSSR count). The Morgan fingerprint density at radius 1 is 0.867 bits per heavy atom. The molecule has 0 spiro atoms. The summed E-state index contributed by atoms with van der Waals surface area (Å²) in [6.07, 6.45) is -1.62. The summed E-state index contributed by atoms with van der Waals surface area (Å²) in [5, 5.41) is 5.18. The number of benzene rings is 2. The van der Waals surface area contributed by atoms with Crippen molar-refractivity contribution in [1.82, 2.24) is 9.97 Å². The van der Waals surface area contributed by atoms with E-state index in [9.17, 15) is 22.8 Å². The van der Waals surface area contributed by atoms with E-state index in [1.165, 1.54) is 24.5 Å². The summed E-state index contributed by atoms with van der Waals surface area (Å²) in [4.78, 5) is 33.0. The third-order valence-electron chi connectivity index (χ3n) is 4.23. The van der Waals surface area contributed by atoms with Crippen molar-refractivity contribution in [2.24, 2.45) is 0 Å². The van der Waals surface area contributed by atoms with E-state index in [0.717, 1.165) is 18.2 Å². The minimum atomic E-state index is -4.55. The van der Waals surface area contributed by atoms with Crippen LogP contribution in [-0.2, 0) is 6.18 Å². The number of carbonyl (C=O) groups is 2. The van der Waals surface area contributed by atoms with Crippen LogP contribution in [0.1, 0.15) is 37.7 Å². The molecule has 30 heavy (non-hydrogen) atoms. The minimum Gasteiger partial charge on any atom is -0.322 e. The highest BCUT2D eigenvalue weighted by Gasteiger charge is 2.30. The molecule has 154 valence electrons. The predicted molar refractivity (Wildman–Crippen MR) is 105 cm³/mol. The first-order valence-electron chi connectivity index (χ1n) is 8.83. The Morgan fingerprint density at radius 3 is 2.20 bits per heavy atom. The zero-order chi connectivity index (χ0) is 21.9. The molecule has 1 aromatic heterocycles. The van der Waals surface area contributed by atoms with Crippen LogP contribution in [0.3, 0.4) is 0 Å². The maximum Gasteiger partial charge on any atom is 0.416 e. The lowest BCUT2D eigenvalue weighted by Gasteiger charge is -2.12. The molecular formula is C21H17F3N4O2. The number of aryl methyl sites for hydroxylation is 2. The molecule has 0 fully saturated rings. The smallest absolute Gasteiger partial charge is 0.322 e. The largest absolute Gasteiger partial charge is 0.416 e. The average molecular weight is 414 g/mol. The molecular weight excluding hydrogens is 397 g/mol. The summed E-state index contributed by atoms with van der Waals surface area (Å²) in [5.41, 5.74) is 0.555. The number of hydrogen-bond donors (Lipinski definition) is 2. The topological polar surface area (TPSA) is 84.0 Å². The van der Waals surface area contributed by atoms with Gasteiger partial charge in [-0.25, -0.2) is 9.97 Å². The Morgan fingerprint density at radius 2 is 1.53 bits per heavy atom. The van der Waals surface area contributed by atoms with Gasteiger partial charge in [-0.05, 0) is 49.7 Å². The summed E-state index contributed by atoms with van der Waals surface area (Å²) in [7, 11) is 0. The molecule has 6 nitrogen and oxygen atoms in total. The fourth-order valence-corrected chi connectivity index (χ4v) is 2.64. The molecule has 2 aromatic carbocycles. The quantitative estimate of drug-likeness (QED) is 0.653. The van der Waals surface area contributed by atoms with Crippen LogP contribution in [0, 0.1) is 13.8 Å². The van der Waals surface area contributed by atoms with Gasteiger partial charge in [0, 0.05) is 16.8 Å². The monoisotopic (exact) mass is 414 g/mol. The number of anilines is 2. The van der Waals surface area contributed by atoms with Gasteiger partial charge in [0.05, 0.1) is 23.6 Å². The minimum absolute atomic E-state index is 0.145. The lowest BCUT2D eigenvalue weighted by Crippen LogP contribution is -2.16. The van der Waals surface area contributed by atoms with Crippen LogP contribution < -0.4 is 10.6 Å². The van der Waals surface area contributed by atoms with Crippen LogP contribution >= 0.6 is 0 Å². The third-order valence-corrected chi connectivity index (χ3v) is 4.23. The molecule has 0 saturated heterocycles. The van der Waals surface area contributed by atoms with Crippen molar-refractivity contribution in [1.29, 1.82) is 0 Å². The van der Waals surface area contributed by atoms with Gasteiger partial charge in [0.15, 0.2) is 0 Å². The Kier molecular flexibility index (Phi) is 5.81. The van der Waals surface area contributed by atoms with E-state index in [1.807, 2.05) is 0 Å². The van der Waals surface area contributed by atoms with Crippen molar-refractivity contribution in [3.05, 3.63) is 82.9 Å². The van der Waals surface area contributed by atoms with Crippen LogP contribution in [0.5, 0.6) is 0 Å². The first kappa shape index (κ1) is 21.0. The second kappa shape index (κ2) is 8.32. The number of carbonyl (C=O) groups excluding carboxylic acids is 2. The van der Waals surface area contributed by atoms with E-state index in [2.05, 4.69) is 20.6 Å². The highest BCUT2D eigenvalue weighted by Crippen LogP contribution is 2.29. The molecule has 0 aliphatic heterocycles. The van der Waals surface area contributed by atoms with Gasteiger partial charge in [-0.15, -0.1) is 0 Å². The number of hydrogen-bond acceptors (Lipinski definition) is 4. The molecule has 0 radical (unpaired) electrons. The third kappa shape index (κ3) is 4.99. The van der Waals surface area contributed by atoms with Crippen molar-refractivity contribution in [2.45, 2.75) is 20.0 Å². The van der Waals surface area contributed by atoms with Gasteiger partial charge in [0.2, 0.25) is 0 Å². The normalized spacial score (nSPS) is 11.1. The first-order chi connectivity index (χ1) is 14.1. The number of aromatic nitrogens is 2. The molecule has 0 saturated carbocycles. The van der Waals surface area contributed by atoms with Gasteiger partial charge in [-0.3, -0.25) is 9.59 Å². The highest BCUT2D eigenvalue weighted by atomic mass is 19.4. The maximum atomic E-state index is 12.9. The summed E-state index contributed by atoms with van der Waals surface area (Å²) in [6.45, 7) is 3.44. The summed E-state index contributed by atoms with van der Waals surface area (Å²) >= 11 is 0. The number of rotatable bonds is 4. The number of halogens is 3. The molecule has 0 bridgehead atoms. The van der Waals surface area contributed by atoms with Gasteiger partial charge < -0.3 is 10.6 Å². The zero-order valence-corrected chi connectivity index (χ0v) is 16.0. The van der Waals surface area contributed by atoms with Gasteiger partial charge >= 0.3 is 6.18 Å². The van der Waals surface area contributed by atoms with Crippen LogP contribution in [0.25, 0.3) is 0 Å². The van der Waals surface area contributed by atoms with Crippen molar-refractivity contribution >= 4 is 23.2 Å². The second-order valence-corrected chi connectivity index (χ2v) is 6.54. The first-order valence-corrected chi connectivity index (χ1v) is 8.83. The molecule has 1 heterocycles. The predicted octanol–water partition coefficient (Wildman–Crippen LogP) is 4.62. The van der Waals surface area contributed by atoms with Crippen molar-refractivity contribution in [2.75, 3.05) is 10.6 Å². The standard InChI is InChI=1S/C21H17F3N4O2/c1-12-6-7-16(9-18(12)20(30)28-17-10-25-13(2)26-11-17)27-19(29)14-4-3-5-15(8-14)21(22,23)24/h3-11H,1-2H3,(H,27,29)(H,28,30). The van der Waals surface area contributed by atoms with E-state index < -0.39 is 23.6 Å². The Hall–Kier alpha value is -3.75. The van der Waals surface area contributed by atoms with Crippen LogP contribution in [0.4, 0.5) is 24.5 Å². The van der Waals surface area contributed by atoms with E-state index in [1.54, 1.807) is 26.0 Å². The zero-order valence-electron chi connectivity index (χ0n) is 16.0. The van der Waals surface area contributed by atoms with Gasteiger partial charge in [-0.2, -0.15) is 13.2 Å². The van der Waals surface area contributed by atoms with Gasteiger partial charge in [-0.1, -0.05) is 12.1 Å². The lowest BCUT2D eigenvalue weighted by atomic mass is 10.1. The van der Waals surface area contributed by atoms with Crippen molar-refractivity contribution in [3.8, 4) is 0 Å². The summed E-state index contributed by atoms with van der Waals surface area (Å²) in [6, 6.07) is 8.74. The maximum absolute atomic E-state index is 12.9. The van der Waals surface area contributed by atoms with E-state index in [0.29, 0.717) is 17.1 Å². The van der Waals surface area contributed by atoms with Crippen LogP contribution in [0.2, 0.25) is 0 Å². The summed E-state index contributed by atoms with van der Waals surface area (Å²) in [5.74, 6) is -0.596. The lowest BCUT2D eigenvalue weighted by molar-refractivity contribution is -0.137. The fourth-order valence-electron chi connectivity index (χ4n) is 2.64. The number of amides is 2. The van der Waals surface area contributed by atoms with Crippen LogP contribution in [0.15, 0.2) is 54.9 Å². The Balaban J connectivity index is 1.78. The SMILES string of the molecule is Cc1ncc(NC(=O)c2cc(NC(=O)c3cccc(C(F)(F)F)c3)ccc2C)cn1. The van der Waals surface area contributed by atoms with E-state index in [4.69, 9.17) is 0 Å².